The molecular weight excluding hydrogens is 467 g/mol. The van der Waals surface area contributed by atoms with E-state index in [1.807, 2.05) is 38.1 Å². The van der Waals surface area contributed by atoms with Crippen molar-refractivity contribution < 1.29 is 22.7 Å². The minimum absolute atomic E-state index is 0.0737. The monoisotopic (exact) mass is 491 g/mol. The number of rotatable bonds is 7. The van der Waals surface area contributed by atoms with E-state index in [2.05, 4.69) is 20.9 Å². The van der Waals surface area contributed by atoms with Crippen LogP contribution in [0.2, 0.25) is 0 Å². The molecule has 0 saturated heterocycles. The molecule has 1 aromatic heterocycles. The Morgan fingerprint density at radius 2 is 1.94 bits per heavy atom. The van der Waals surface area contributed by atoms with E-state index in [9.17, 15) is 18.0 Å². The number of carbonyl (C=O) groups is 1. The maximum atomic E-state index is 13.3. The lowest BCUT2D eigenvalue weighted by atomic mass is 10.0. The predicted octanol–water partition coefficient (Wildman–Crippen LogP) is 5.05. The van der Waals surface area contributed by atoms with Crippen molar-refractivity contribution in [1.29, 1.82) is 0 Å². The Labute approximate surface area is 199 Å². The van der Waals surface area contributed by atoms with E-state index in [1.165, 1.54) is 23.9 Å². The Kier molecular flexibility index (Phi) is 7.01. The fourth-order valence-corrected chi connectivity index (χ4v) is 4.76. The van der Waals surface area contributed by atoms with Gasteiger partial charge in [0.15, 0.2) is 5.82 Å². The van der Waals surface area contributed by atoms with Crippen molar-refractivity contribution in [1.82, 2.24) is 14.9 Å². The summed E-state index contributed by atoms with van der Waals surface area (Å²) in [5.41, 5.74) is 3.41. The van der Waals surface area contributed by atoms with E-state index >= 15 is 0 Å². The third-order valence-corrected chi connectivity index (χ3v) is 6.46. The van der Waals surface area contributed by atoms with Gasteiger partial charge in [-0.25, -0.2) is 4.68 Å². The molecule has 1 amide bonds. The largest absolute Gasteiger partial charge is 0.494 e. The molecular formula is C23H24F3N5O2S. The second kappa shape index (κ2) is 9.96. The number of fused-ring (bicyclic) bond motifs is 1. The number of hydrogen-bond donors (Lipinski definition) is 2. The van der Waals surface area contributed by atoms with Crippen LogP contribution in [0.25, 0.3) is 0 Å². The van der Waals surface area contributed by atoms with Gasteiger partial charge in [-0.2, -0.15) is 13.2 Å². The van der Waals surface area contributed by atoms with Crippen molar-refractivity contribution in [3.05, 3.63) is 65.5 Å². The Bertz CT molecular complexity index is 1150. The van der Waals surface area contributed by atoms with Crippen LogP contribution in [0.15, 0.2) is 53.7 Å². The molecule has 0 saturated carbocycles. The average molecular weight is 492 g/mol. The molecule has 2 heterocycles. The number of halogens is 3. The zero-order chi connectivity index (χ0) is 24.3. The number of thioether (sulfide) groups is 1. The number of nitrogens with one attached hydrogen (secondary N) is 2. The van der Waals surface area contributed by atoms with Gasteiger partial charge in [0.05, 0.1) is 18.2 Å². The fraction of sp³-hybridized carbons (Fsp3) is 0.348. The number of nitrogens with zero attached hydrogens (tertiary/aromatic N) is 3. The summed E-state index contributed by atoms with van der Waals surface area (Å²) in [7, 11) is 0. The van der Waals surface area contributed by atoms with Crippen LogP contribution in [0.3, 0.4) is 0 Å². The summed E-state index contributed by atoms with van der Waals surface area (Å²) < 4.78 is 46.6. The van der Waals surface area contributed by atoms with Crippen molar-refractivity contribution in [2.75, 3.05) is 17.3 Å². The molecule has 11 heteroatoms. The van der Waals surface area contributed by atoms with Crippen LogP contribution in [0, 0.1) is 0 Å². The zero-order valence-corrected chi connectivity index (χ0v) is 19.4. The van der Waals surface area contributed by atoms with Gasteiger partial charge in [-0.3, -0.25) is 4.79 Å². The third-order valence-electron chi connectivity index (χ3n) is 5.24. The Hall–Kier alpha value is -3.21. The van der Waals surface area contributed by atoms with Gasteiger partial charge < -0.3 is 15.5 Å². The van der Waals surface area contributed by atoms with E-state index in [1.54, 1.807) is 4.68 Å². The molecule has 34 heavy (non-hydrogen) atoms. The first-order valence-electron chi connectivity index (χ1n) is 10.9. The molecule has 2 unspecified atom stereocenters. The van der Waals surface area contributed by atoms with Crippen LogP contribution in [-0.4, -0.2) is 32.6 Å². The molecule has 0 bridgehead atoms. The Balaban J connectivity index is 1.64. The lowest BCUT2D eigenvalue weighted by molar-refractivity contribution is -0.137. The van der Waals surface area contributed by atoms with Crippen LogP contribution >= 0.6 is 11.8 Å². The van der Waals surface area contributed by atoms with Gasteiger partial charge >= 0.3 is 6.18 Å². The first-order valence-corrected chi connectivity index (χ1v) is 11.8. The molecule has 0 fully saturated rings. The van der Waals surface area contributed by atoms with Crippen molar-refractivity contribution in [2.24, 2.45) is 0 Å². The van der Waals surface area contributed by atoms with E-state index < -0.39 is 28.9 Å². The first kappa shape index (κ1) is 23.9. The smallest absolute Gasteiger partial charge is 0.416 e. The average Bonchev–Trinajstić information content (AvgIpc) is 3.21. The molecule has 1 aliphatic heterocycles. The highest BCUT2D eigenvalue weighted by Crippen LogP contribution is 2.38. The number of anilines is 1. The SMILES string of the molecule is CCCc1nnc2n1NC(c1ccc(OCC)cc1)C(C(=O)Nc1cccc(C(F)(F)F)c1)S2. The second-order valence-corrected chi connectivity index (χ2v) is 8.81. The van der Waals surface area contributed by atoms with Gasteiger partial charge in [-0.05, 0) is 49.2 Å². The maximum Gasteiger partial charge on any atom is 0.416 e. The molecule has 4 rings (SSSR count). The van der Waals surface area contributed by atoms with Gasteiger partial charge in [0, 0.05) is 12.1 Å². The standard InChI is InChI=1S/C23H24F3N5O2S/c1-3-6-18-28-29-22-31(18)30-19(14-9-11-17(12-10-14)33-4-2)20(34-22)21(32)27-16-8-5-7-15(13-16)23(24,25)26/h5,7-13,19-20,30H,3-4,6H2,1-2H3,(H,27,32). The predicted molar refractivity (Wildman–Crippen MR) is 123 cm³/mol. The molecule has 0 spiro atoms. The van der Waals surface area contributed by atoms with E-state index in [0.29, 0.717) is 23.9 Å². The molecule has 180 valence electrons. The Morgan fingerprint density at radius 1 is 1.18 bits per heavy atom. The molecule has 7 nitrogen and oxygen atoms in total. The van der Waals surface area contributed by atoms with Crippen LogP contribution < -0.4 is 15.5 Å². The third kappa shape index (κ3) is 5.14. The Morgan fingerprint density at radius 3 is 2.62 bits per heavy atom. The highest BCUT2D eigenvalue weighted by Gasteiger charge is 2.38. The number of carbonyl (C=O) groups excluding carboxylic acids is 1. The van der Waals surface area contributed by atoms with Crippen LogP contribution in [0.5, 0.6) is 5.75 Å². The number of ether oxygens (including phenoxy) is 1. The number of aromatic nitrogens is 3. The van der Waals surface area contributed by atoms with Gasteiger partial charge in [0.25, 0.3) is 0 Å². The number of hydrogen-bond acceptors (Lipinski definition) is 6. The minimum atomic E-state index is -4.50. The zero-order valence-electron chi connectivity index (χ0n) is 18.6. The van der Waals surface area contributed by atoms with Crippen molar-refractivity contribution in [3.63, 3.8) is 0 Å². The minimum Gasteiger partial charge on any atom is -0.494 e. The topological polar surface area (TPSA) is 81.1 Å². The highest BCUT2D eigenvalue weighted by atomic mass is 32.2. The molecule has 1 aliphatic rings. The summed E-state index contributed by atoms with van der Waals surface area (Å²) in [6.07, 6.45) is -2.92. The maximum absolute atomic E-state index is 13.3. The fourth-order valence-electron chi connectivity index (χ4n) is 3.66. The van der Waals surface area contributed by atoms with Gasteiger partial charge in [-0.1, -0.05) is 36.9 Å². The molecule has 2 atom stereocenters. The summed E-state index contributed by atoms with van der Waals surface area (Å²) in [5.74, 6) is 1.01. The van der Waals surface area contributed by atoms with Crippen molar-refractivity contribution >= 4 is 23.4 Å². The molecule has 0 aliphatic carbocycles. The number of aryl methyl sites for hydroxylation is 1. The summed E-state index contributed by atoms with van der Waals surface area (Å²) in [5, 5.41) is 10.9. The summed E-state index contributed by atoms with van der Waals surface area (Å²) in [4.78, 5) is 13.3. The summed E-state index contributed by atoms with van der Waals surface area (Å²) in [6.45, 7) is 4.46. The van der Waals surface area contributed by atoms with Gasteiger partial charge in [0.2, 0.25) is 11.1 Å². The lowest BCUT2D eigenvalue weighted by Gasteiger charge is -2.33. The van der Waals surface area contributed by atoms with Crippen molar-refractivity contribution in [3.8, 4) is 5.75 Å². The highest BCUT2D eigenvalue weighted by molar-refractivity contribution is 8.00. The van der Waals surface area contributed by atoms with Crippen LogP contribution in [-0.2, 0) is 17.4 Å². The second-order valence-electron chi connectivity index (χ2n) is 7.70. The molecule has 2 N–H and O–H groups in total. The summed E-state index contributed by atoms with van der Waals surface area (Å²) in [6, 6.07) is 11.5. The number of benzene rings is 2. The lowest BCUT2D eigenvalue weighted by Crippen LogP contribution is -2.41. The normalized spacial score (nSPS) is 17.6. The quantitative estimate of drug-likeness (QED) is 0.482. The molecule has 3 aromatic rings. The van der Waals surface area contributed by atoms with Crippen LogP contribution in [0.4, 0.5) is 18.9 Å². The molecule has 2 aromatic carbocycles. The van der Waals surface area contributed by atoms with E-state index in [-0.39, 0.29) is 5.69 Å². The van der Waals surface area contributed by atoms with Gasteiger partial charge in [-0.15, -0.1) is 10.2 Å². The molecule has 0 radical (unpaired) electrons. The van der Waals surface area contributed by atoms with Crippen LogP contribution in [0.1, 0.15) is 43.3 Å². The first-order chi connectivity index (χ1) is 16.3. The van der Waals surface area contributed by atoms with Crippen molar-refractivity contribution in [2.45, 2.75) is 49.3 Å². The number of amides is 1. The van der Waals surface area contributed by atoms with E-state index in [4.69, 9.17) is 4.74 Å². The summed E-state index contributed by atoms with van der Waals surface area (Å²) >= 11 is 1.22. The van der Waals surface area contributed by atoms with Gasteiger partial charge in [0.1, 0.15) is 11.0 Å². The number of alkyl halides is 3. The van der Waals surface area contributed by atoms with E-state index in [0.717, 1.165) is 29.9 Å².